The van der Waals surface area contributed by atoms with Gasteiger partial charge >= 0.3 is 0 Å². The van der Waals surface area contributed by atoms with Crippen LogP contribution >= 0.6 is 24.0 Å². The molecule has 0 saturated heterocycles. The molecule has 0 unspecified atom stereocenters. The minimum Gasteiger partial charge on any atom is -0.493 e. The fraction of sp³-hybridized carbons (Fsp3) is 0.429. The second kappa shape index (κ2) is 14.7. The van der Waals surface area contributed by atoms with Crippen molar-refractivity contribution < 1.29 is 18.7 Å². The first-order chi connectivity index (χ1) is 14.1. The van der Waals surface area contributed by atoms with Gasteiger partial charge in [0.1, 0.15) is 11.5 Å². The second-order valence-corrected chi connectivity index (χ2v) is 6.44. The van der Waals surface area contributed by atoms with Crippen LogP contribution in [0.1, 0.15) is 23.3 Å². The largest absolute Gasteiger partial charge is 0.493 e. The Morgan fingerprint density at radius 2 is 1.97 bits per heavy atom. The van der Waals surface area contributed by atoms with Crippen molar-refractivity contribution in [3.63, 3.8) is 0 Å². The quantitative estimate of drug-likeness (QED) is 0.179. The lowest BCUT2D eigenvalue weighted by atomic mass is 10.1. The van der Waals surface area contributed by atoms with Crippen molar-refractivity contribution in [2.45, 2.75) is 26.4 Å². The molecule has 0 saturated carbocycles. The number of hydrogen-bond donors (Lipinski definition) is 3. The molecule has 0 fully saturated rings. The number of nitrogens with zero attached hydrogens (tertiary/aromatic N) is 1. The summed E-state index contributed by atoms with van der Waals surface area (Å²) in [4.78, 5) is 16.1. The number of aryl methyl sites for hydroxylation is 1. The lowest BCUT2D eigenvalue weighted by Crippen LogP contribution is -2.42. The zero-order valence-electron chi connectivity index (χ0n) is 17.7. The Morgan fingerprint density at radius 3 is 2.67 bits per heavy atom. The van der Waals surface area contributed by atoms with E-state index in [1.54, 1.807) is 26.5 Å². The number of benzene rings is 1. The first kappa shape index (κ1) is 25.8. The predicted molar refractivity (Wildman–Crippen MR) is 127 cm³/mol. The summed E-state index contributed by atoms with van der Waals surface area (Å²) in [5.41, 5.74) is 2.14. The average molecular weight is 530 g/mol. The number of carbonyl (C=O) groups is 1. The molecule has 9 heteroatoms. The summed E-state index contributed by atoms with van der Waals surface area (Å²) in [7, 11) is 3.34. The molecule has 0 aliphatic rings. The van der Waals surface area contributed by atoms with E-state index >= 15 is 0 Å². The van der Waals surface area contributed by atoms with Gasteiger partial charge in [-0.3, -0.25) is 9.79 Å². The van der Waals surface area contributed by atoms with E-state index < -0.39 is 0 Å². The number of guanidine groups is 1. The molecule has 3 N–H and O–H groups in total. The number of aliphatic imine (C=N–C) groups is 1. The molecule has 2 rings (SSSR count). The highest BCUT2D eigenvalue weighted by atomic mass is 127. The van der Waals surface area contributed by atoms with E-state index in [0.717, 1.165) is 23.3 Å². The maximum absolute atomic E-state index is 12.0. The van der Waals surface area contributed by atoms with Gasteiger partial charge in [-0.25, -0.2) is 0 Å². The highest BCUT2D eigenvalue weighted by molar-refractivity contribution is 14.0. The number of furan rings is 1. The van der Waals surface area contributed by atoms with Crippen LogP contribution in [0.2, 0.25) is 0 Å². The summed E-state index contributed by atoms with van der Waals surface area (Å²) < 4.78 is 16.1. The van der Waals surface area contributed by atoms with Gasteiger partial charge in [0.15, 0.2) is 5.96 Å². The molecule has 0 spiro atoms. The Morgan fingerprint density at radius 1 is 1.13 bits per heavy atom. The lowest BCUT2D eigenvalue weighted by molar-refractivity contribution is -0.120. The number of carbonyl (C=O) groups excluding carboxylic acids is 1. The second-order valence-electron chi connectivity index (χ2n) is 6.44. The van der Waals surface area contributed by atoms with Crippen LogP contribution in [0.15, 0.2) is 46.0 Å². The Kier molecular flexibility index (Phi) is 12.6. The maximum atomic E-state index is 12.0. The molecular formula is C21H31IN4O4. The molecule has 1 heterocycles. The first-order valence-electron chi connectivity index (χ1n) is 9.57. The molecule has 1 aromatic carbocycles. The van der Waals surface area contributed by atoms with Gasteiger partial charge in [-0.2, -0.15) is 0 Å². The van der Waals surface area contributed by atoms with E-state index in [1.165, 1.54) is 0 Å². The molecule has 0 bridgehead atoms. The molecule has 30 heavy (non-hydrogen) atoms. The molecule has 0 aliphatic carbocycles. The van der Waals surface area contributed by atoms with Crippen molar-refractivity contribution in [1.29, 1.82) is 0 Å². The zero-order valence-corrected chi connectivity index (χ0v) is 20.0. The van der Waals surface area contributed by atoms with Crippen LogP contribution < -0.4 is 20.7 Å². The lowest BCUT2D eigenvalue weighted by Gasteiger charge is -2.15. The summed E-state index contributed by atoms with van der Waals surface area (Å²) in [6.07, 6.45) is 2.40. The van der Waals surface area contributed by atoms with Crippen LogP contribution in [0.3, 0.4) is 0 Å². The fourth-order valence-electron chi connectivity index (χ4n) is 2.55. The minimum atomic E-state index is -0.151. The smallest absolute Gasteiger partial charge is 0.239 e. The third-order valence-corrected chi connectivity index (χ3v) is 4.10. The Hall–Kier alpha value is -2.27. The van der Waals surface area contributed by atoms with E-state index in [0.29, 0.717) is 38.0 Å². The summed E-state index contributed by atoms with van der Waals surface area (Å²) in [5, 5.41) is 8.99. The predicted octanol–water partition coefficient (Wildman–Crippen LogP) is 2.60. The summed E-state index contributed by atoms with van der Waals surface area (Å²) in [6.45, 7) is 4.26. The Labute approximate surface area is 194 Å². The summed E-state index contributed by atoms with van der Waals surface area (Å²) in [5.74, 6) is 1.92. The van der Waals surface area contributed by atoms with Crippen molar-refractivity contribution >= 4 is 35.8 Å². The molecule has 2 aromatic rings. The summed E-state index contributed by atoms with van der Waals surface area (Å²) in [6, 6.07) is 9.67. The zero-order chi connectivity index (χ0) is 20.9. The van der Waals surface area contributed by atoms with Crippen LogP contribution in [0.5, 0.6) is 5.75 Å². The SMILES string of the molecule is CN=C(NCC(=O)NCc1ccco1)NCc1ccc(C)cc1OCCCOC.I. The van der Waals surface area contributed by atoms with Gasteiger partial charge in [0, 0.05) is 39.3 Å². The molecule has 0 aliphatic heterocycles. The molecule has 0 radical (unpaired) electrons. The minimum absolute atomic E-state index is 0. The van der Waals surface area contributed by atoms with E-state index in [2.05, 4.69) is 20.9 Å². The first-order valence-corrected chi connectivity index (χ1v) is 9.57. The van der Waals surface area contributed by atoms with Crippen molar-refractivity contribution in [2.24, 2.45) is 4.99 Å². The number of methoxy groups -OCH3 is 1. The number of ether oxygens (including phenoxy) is 2. The van der Waals surface area contributed by atoms with Crippen LogP contribution in [-0.4, -0.2) is 45.8 Å². The van der Waals surface area contributed by atoms with E-state index in [-0.39, 0.29) is 36.4 Å². The topological polar surface area (TPSA) is 97.1 Å². The van der Waals surface area contributed by atoms with Gasteiger partial charge in [0.2, 0.25) is 5.91 Å². The molecule has 0 atom stereocenters. The van der Waals surface area contributed by atoms with Crippen molar-refractivity contribution in [3.8, 4) is 5.75 Å². The average Bonchev–Trinajstić information content (AvgIpc) is 3.24. The number of amides is 1. The third kappa shape index (κ3) is 9.49. The van der Waals surface area contributed by atoms with Gasteiger partial charge in [0.05, 0.1) is 26.0 Å². The maximum Gasteiger partial charge on any atom is 0.239 e. The number of halogens is 1. The monoisotopic (exact) mass is 530 g/mol. The van der Waals surface area contributed by atoms with E-state index in [9.17, 15) is 4.79 Å². The van der Waals surface area contributed by atoms with Crippen LogP contribution in [0.4, 0.5) is 0 Å². The summed E-state index contributed by atoms with van der Waals surface area (Å²) >= 11 is 0. The highest BCUT2D eigenvalue weighted by Crippen LogP contribution is 2.20. The van der Waals surface area contributed by atoms with Gasteiger partial charge in [0.25, 0.3) is 0 Å². The molecule has 1 aromatic heterocycles. The van der Waals surface area contributed by atoms with E-state index in [1.807, 2.05) is 31.2 Å². The van der Waals surface area contributed by atoms with Crippen molar-refractivity contribution in [3.05, 3.63) is 53.5 Å². The number of nitrogens with one attached hydrogen (secondary N) is 3. The van der Waals surface area contributed by atoms with Crippen LogP contribution in [-0.2, 0) is 22.6 Å². The van der Waals surface area contributed by atoms with Gasteiger partial charge in [-0.1, -0.05) is 12.1 Å². The molecular weight excluding hydrogens is 499 g/mol. The number of hydrogen-bond acceptors (Lipinski definition) is 5. The van der Waals surface area contributed by atoms with Gasteiger partial charge in [-0.05, 0) is 30.7 Å². The fourth-order valence-corrected chi connectivity index (χ4v) is 2.55. The third-order valence-electron chi connectivity index (χ3n) is 4.10. The van der Waals surface area contributed by atoms with Crippen LogP contribution in [0, 0.1) is 6.92 Å². The molecule has 166 valence electrons. The number of rotatable bonds is 11. The molecule has 8 nitrogen and oxygen atoms in total. The van der Waals surface area contributed by atoms with Gasteiger partial charge in [-0.15, -0.1) is 24.0 Å². The Bertz CT molecular complexity index is 781. The molecule has 1 amide bonds. The Balaban J connectivity index is 0.00000450. The highest BCUT2D eigenvalue weighted by Gasteiger charge is 2.08. The standard InChI is InChI=1S/C21H30N4O4.HI/c1-16-7-8-17(19(12-16)29-11-5-9-27-3)13-24-21(22-2)25-15-20(26)23-14-18-6-4-10-28-18;/h4,6-8,10,12H,5,9,11,13-15H2,1-3H3,(H,23,26)(H2,22,24,25);1H. The normalized spacial score (nSPS) is 10.8. The van der Waals surface area contributed by atoms with Gasteiger partial charge < -0.3 is 29.8 Å². The van der Waals surface area contributed by atoms with Crippen molar-refractivity contribution in [2.75, 3.05) is 33.9 Å². The van der Waals surface area contributed by atoms with Crippen LogP contribution in [0.25, 0.3) is 0 Å². The van der Waals surface area contributed by atoms with E-state index in [4.69, 9.17) is 13.9 Å². The van der Waals surface area contributed by atoms with Crippen molar-refractivity contribution in [1.82, 2.24) is 16.0 Å².